The van der Waals surface area contributed by atoms with E-state index in [4.69, 9.17) is 16.3 Å². The summed E-state index contributed by atoms with van der Waals surface area (Å²) in [7, 11) is -3.83. The van der Waals surface area contributed by atoms with Crippen molar-refractivity contribution in [2.75, 3.05) is 18.5 Å². The smallest absolute Gasteiger partial charge is 0.338 e. The zero-order chi connectivity index (χ0) is 24.3. The molecule has 0 atom stereocenters. The summed E-state index contributed by atoms with van der Waals surface area (Å²) in [5.74, 6) is -1.02. The largest absolute Gasteiger partial charge is 0.462 e. The van der Waals surface area contributed by atoms with Crippen LogP contribution in [0.3, 0.4) is 0 Å². The number of esters is 1. The van der Waals surface area contributed by atoms with Crippen molar-refractivity contribution in [2.24, 2.45) is 0 Å². The molecule has 3 aromatic rings. The molecule has 0 aliphatic carbocycles. The van der Waals surface area contributed by atoms with Crippen LogP contribution in [0.2, 0.25) is 5.02 Å². The number of benzene rings is 3. The van der Waals surface area contributed by atoms with Crippen LogP contribution in [0.5, 0.6) is 0 Å². The van der Waals surface area contributed by atoms with E-state index in [1.54, 1.807) is 19.1 Å². The Labute approximate surface area is 203 Å². The maximum Gasteiger partial charge on any atom is 0.338 e. The predicted molar refractivity (Wildman–Crippen MR) is 130 cm³/mol. The van der Waals surface area contributed by atoms with Crippen molar-refractivity contribution >= 4 is 39.2 Å². The second-order valence-electron chi connectivity index (χ2n) is 7.75. The van der Waals surface area contributed by atoms with Crippen LogP contribution >= 0.6 is 11.6 Å². The Balaban J connectivity index is 1.54. The average molecular weight is 499 g/mol. The van der Waals surface area contributed by atoms with Crippen LogP contribution in [0.15, 0.2) is 71.6 Å². The fraction of sp³-hybridized carbons (Fsp3) is 0.200. The Bertz CT molecular complexity index is 1340. The Kier molecular flexibility index (Phi) is 7.02. The van der Waals surface area contributed by atoms with E-state index in [0.29, 0.717) is 24.2 Å². The Hall–Kier alpha value is -3.20. The number of sulfonamides is 1. The van der Waals surface area contributed by atoms with Crippen molar-refractivity contribution in [3.05, 3.63) is 94.0 Å². The minimum atomic E-state index is -3.83. The summed E-state index contributed by atoms with van der Waals surface area (Å²) >= 11 is 6.23. The molecule has 3 aromatic carbocycles. The fourth-order valence-corrected chi connectivity index (χ4v) is 5.41. The van der Waals surface area contributed by atoms with Gasteiger partial charge in [0.25, 0.3) is 5.91 Å². The first-order chi connectivity index (χ1) is 16.3. The van der Waals surface area contributed by atoms with Crippen molar-refractivity contribution in [3.8, 4) is 0 Å². The molecular formula is C25H23ClN2O5S. The lowest BCUT2D eigenvalue weighted by Gasteiger charge is -2.28. The zero-order valence-corrected chi connectivity index (χ0v) is 20.0. The van der Waals surface area contributed by atoms with E-state index in [1.807, 2.05) is 24.3 Å². The average Bonchev–Trinajstić information content (AvgIpc) is 2.84. The minimum absolute atomic E-state index is 0.000842. The molecule has 1 N–H and O–H groups in total. The number of ether oxygens (including phenoxy) is 1. The monoisotopic (exact) mass is 498 g/mol. The molecule has 176 valence electrons. The molecule has 34 heavy (non-hydrogen) atoms. The van der Waals surface area contributed by atoms with Gasteiger partial charge in [0.2, 0.25) is 10.0 Å². The van der Waals surface area contributed by atoms with Gasteiger partial charge in [-0.2, -0.15) is 4.31 Å². The number of amides is 1. The maximum atomic E-state index is 13.3. The van der Waals surface area contributed by atoms with Gasteiger partial charge in [-0.15, -0.1) is 0 Å². The quantitative estimate of drug-likeness (QED) is 0.504. The SMILES string of the molecule is CCOC(=O)c1ccc(NC(=O)c2cc(S(=O)(=O)N3CCc4ccccc4C3)ccc2Cl)cc1. The van der Waals surface area contributed by atoms with Gasteiger partial charge in [-0.1, -0.05) is 35.9 Å². The van der Waals surface area contributed by atoms with Crippen molar-refractivity contribution in [1.29, 1.82) is 0 Å². The summed E-state index contributed by atoms with van der Waals surface area (Å²) in [6.45, 7) is 2.61. The van der Waals surface area contributed by atoms with Gasteiger partial charge in [-0.05, 0) is 66.9 Å². The second kappa shape index (κ2) is 9.97. The molecule has 0 bridgehead atoms. The summed E-state index contributed by atoms with van der Waals surface area (Å²) in [6, 6.07) is 18.0. The molecule has 0 spiro atoms. The van der Waals surface area contributed by atoms with E-state index in [0.717, 1.165) is 11.1 Å². The third kappa shape index (κ3) is 4.99. The van der Waals surface area contributed by atoms with E-state index in [1.165, 1.54) is 34.6 Å². The number of rotatable bonds is 6. The van der Waals surface area contributed by atoms with Gasteiger partial charge < -0.3 is 10.1 Å². The first-order valence-electron chi connectivity index (χ1n) is 10.7. The van der Waals surface area contributed by atoms with Gasteiger partial charge in [0.05, 0.1) is 27.7 Å². The molecule has 9 heteroatoms. The highest BCUT2D eigenvalue weighted by atomic mass is 35.5. The predicted octanol–water partition coefficient (Wildman–Crippen LogP) is 4.52. The van der Waals surface area contributed by atoms with Gasteiger partial charge in [0, 0.05) is 18.8 Å². The van der Waals surface area contributed by atoms with Crippen LogP contribution in [-0.2, 0) is 27.7 Å². The number of halogens is 1. The molecule has 1 amide bonds. The first-order valence-corrected chi connectivity index (χ1v) is 12.6. The Morgan fingerprint density at radius 2 is 1.74 bits per heavy atom. The van der Waals surface area contributed by atoms with Crippen LogP contribution < -0.4 is 5.32 Å². The highest BCUT2D eigenvalue weighted by Gasteiger charge is 2.29. The lowest BCUT2D eigenvalue weighted by Crippen LogP contribution is -2.36. The molecule has 0 fully saturated rings. The highest BCUT2D eigenvalue weighted by molar-refractivity contribution is 7.89. The summed E-state index contributed by atoms with van der Waals surface area (Å²) in [6.07, 6.45) is 0.623. The van der Waals surface area contributed by atoms with E-state index in [-0.39, 0.29) is 28.6 Å². The molecule has 0 radical (unpaired) electrons. The molecule has 1 heterocycles. The van der Waals surface area contributed by atoms with Crippen LogP contribution in [0, 0.1) is 0 Å². The van der Waals surface area contributed by atoms with Crippen molar-refractivity contribution in [2.45, 2.75) is 24.8 Å². The van der Waals surface area contributed by atoms with E-state index in [2.05, 4.69) is 5.32 Å². The first kappa shape index (κ1) is 23.9. The molecule has 0 saturated heterocycles. The molecule has 1 aliphatic rings. The number of carbonyl (C=O) groups is 2. The lowest BCUT2D eigenvalue weighted by atomic mass is 10.0. The van der Waals surface area contributed by atoms with Crippen LogP contribution in [0.25, 0.3) is 0 Å². The lowest BCUT2D eigenvalue weighted by molar-refractivity contribution is 0.0526. The summed E-state index contributed by atoms with van der Waals surface area (Å²) in [4.78, 5) is 24.7. The molecule has 0 unspecified atom stereocenters. The van der Waals surface area contributed by atoms with Gasteiger partial charge in [0.1, 0.15) is 0 Å². The maximum absolute atomic E-state index is 13.3. The van der Waals surface area contributed by atoms with Gasteiger partial charge in [0.15, 0.2) is 0 Å². The molecular weight excluding hydrogens is 476 g/mol. The van der Waals surface area contributed by atoms with Crippen molar-refractivity contribution < 1.29 is 22.7 Å². The highest BCUT2D eigenvalue weighted by Crippen LogP contribution is 2.28. The molecule has 0 aromatic heterocycles. The van der Waals surface area contributed by atoms with Crippen LogP contribution in [-0.4, -0.2) is 37.8 Å². The Morgan fingerprint density at radius 3 is 2.44 bits per heavy atom. The number of nitrogens with one attached hydrogen (secondary N) is 1. The summed E-state index contributed by atoms with van der Waals surface area (Å²) in [5, 5.41) is 2.81. The third-order valence-electron chi connectivity index (χ3n) is 5.57. The van der Waals surface area contributed by atoms with Gasteiger partial charge in [-0.3, -0.25) is 4.79 Å². The second-order valence-corrected chi connectivity index (χ2v) is 10.1. The topological polar surface area (TPSA) is 92.8 Å². The van der Waals surface area contributed by atoms with E-state index < -0.39 is 21.9 Å². The fourth-order valence-electron chi connectivity index (χ4n) is 3.77. The third-order valence-corrected chi connectivity index (χ3v) is 7.74. The van der Waals surface area contributed by atoms with Gasteiger partial charge in [-0.25, -0.2) is 13.2 Å². The summed E-state index contributed by atoms with van der Waals surface area (Å²) < 4.78 is 33.0. The molecule has 7 nitrogen and oxygen atoms in total. The molecule has 4 rings (SSSR count). The number of carbonyl (C=O) groups excluding carboxylic acids is 2. The summed E-state index contributed by atoms with van der Waals surface area (Å²) in [5.41, 5.74) is 2.92. The van der Waals surface area contributed by atoms with Crippen molar-refractivity contribution in [1.82, 2.24) is 4.31 Å². The number of nitrogens with zero attached hydrogens (tertiary/aromatic N) is 1. The normalized spacial score (nSPS) is 13.7. The number of anilines is 1. The van der Waals surface area contributed by atoms with Crippen molar-refractivity contribution in [3.63, 3.8) is 0 Å². The standard InChI is InChI=1S/C25H23ClN2O5S/c1-2-33-25(30)18-7-9-20(10-8-18)27-24(29)22-15-21(11-12-23(22)26)34(31,32)28-14-13-17-5-3-4-6-19(17)16-28/h3-12,15H,2,13-14,16H2,1H3,(H,27,29). The van der Waals surface area contributed by atoms with Crippen LogP contribution in [0.1, 0.15) is 38.8 Å². The molecule has 0 saturated carbocycles. The van der Waals surface area contributed by atoms with Crippen LogP contribution in [0.4, 0.5) is 5.69 Å². The minimum Gasteiger partial charge on any atom is -0.462 e. The molecule has 1 aliphatic heterocycles. The number of fused-ring (bicyclic) bond motifs is 1. The van der Waals surface area contributed by atoms with E-state index in [9.17, 15) is 18.0 Å². The van der Waals surface area contributed by atoms with Gasteiger partial charge >= 0.3 is 5.97 Å². The van der Waals surface area contributed by atoms with E-state index >= 15 is 0 Å². The number of hydrogen-bond acceptors (Lipinski definition) is 5. The Morgan fingerprint density at radius 1 is 1.03 bits per heavy atom. The zero-order valence-electron chi connectivity index (χ0n) is 18.5. The number of hydrogen-bond donors (Lipinski definition) is 1.